The molecule has 0 bridgehead atoms. The van der Waals surface area contributed by atoms with Gasteiger partial charge in [0.15, 0.2) is 5.78 Å². The van der Waals surface area contributed by atoms with E-state index in [1.807, 2.05) is 31.2 Å². The summed E-state index contributed by atoms with van der Waals surface area (Å²) in [6.07, 6.45) is 3.94. The zero-order valence-corrected chi connectivity index (χ0v) is 16.3. The van der Waals surface area contributed by atoms with Crippen LogP contribution in [0.4, 0.5) is 0 Å². The summed E-state index contributed by atoms with van der Waals surface area (Å²) in [4.78, 5) is 25.7. The molecule has 0 spiro atoms. The van der Waals surface area contributed by atoms with Crippen molar-refractivity contribution in [3.63, 3.8) is 0 Å². The minimum atomic E-state index is -0.418. The van der Waals surface area contributed by atoms with E-state index >= 15 is 0 Å². The van der Waals surface area contributed by atoms with Crippen LogP contribution in [0.1, 0.15) is 57.4 Å². The van der Waals surface area contributed by atoms with Crippen molar-refractivity contribution in [1.29, 1.82) is 0 Å². The Kier molecular flexibility index (Phi) is 5.99. The lowest BCUT2D eigenvalue weighted by molar-refractivity contribution is -0.139. The second-order valence-electron chi connectivity index (χ2n) is 7.03. The van der Waals surface area contributed by atoms with Gasteiger partial charge in [-0.2, -0.15) is 0 Å². The molecule has 1 aliphatic heterocycles. The monoisotopic (exact) mass is 369 g/mol. The number of esters is 1. The van der Waals surface area contributed by atoms with Crippen molar-refractivity contribution in [2.24, 2.45) is 0 Å². The molecule has 3 rings (SSSR count). The predicted octanol–water partition coefficient (Wildman–Crippen LogP) is 4.01. The van der Waals surface area contributed by atoms with Crippen LogP contribution in [0.3, 0.4) is 0 Å². The van der Waals surface area contributed by atoms with E-state index in [1.165, 1.54) is 0 Å². The standard InChI is InChI=1S/C22H27NO4/c1-4-5-12-27-22(25)19-14(2)23-17-10-7-11-18(24)21(17)20(19)15-8-6-9-16(13-15)26-3/h6,8-9,13,20,23H,4-5,7,10-12H2,1-3H3/t20-/m1/s1. The molecule has 1 heterocycles. The Morgan fingerprint density at radius 3 is 2.85 bits per heavy atom. The van der Waals surface area contributed by atoms with E-state index in [0.717, 1.165) is 42.6 Å². The number of carbonyl (C=O) groups excluding carboxylic acids is 2. The number of methoxy groups -OCH3 is 1. The number of dihydropyridines is 1. The summed E-state index contributed by atoms with van der Waals surface area (Å²) in [5.74, 6) is 0.0280. The zero-order chi connectivity index (χ0) is 19.4. The van der Waals surface area contributed by atoms with Crippen LogP contribution in [0.15, 0.2) is 46.8 Å². The molecule has 0 radical (unpaired) electrons. The largest absolute Gasteiger partial charge is 0.497 e. The molecule has 27 heavy (non-hydrogen) atoms. The molecule has 0 amide bonds. The van der Waals surface area contributed by atoms with E-state index in [2.05, 4.69) is 12.2 Å². The Morgan fingerprint density at radius 1 is 1.30 bits per heavy atom. The molecule has 0 unspecified atom stereocenters. The van der Waals surface area contributed by atoms with Gasteiger partial charge in [-0.05, 0) is 43.9 Å². The van der Waals surface area contributed by atoms with Crippen molar-refractivity contribution < 1.29 is 19.1 Å². The van der Waals surface area contributed by atoms with Gasteiger partial charge in [0.25, 0.3) is 0 Å². The van der Waals surface area contributed by atoms with E-state index in [-0.39, 0.29) is 11.8 Å². The highest BCUT2D eigenvalue weighted by Gasteiger charge is 2.39. The number of nitrogens with one attached hydrogen (secondary N) is 1. The molecule has 0 aromatic heterocycles. The summed E-state index contributed by atoms with van der Waals surface area (Å²) in [6.45, 7) is 4.32. The maximum Gasteiger partial charge on any atom is 0.336 e. The lowest BCUT2D eigenvalue weighted by atomic mass is 9.75. The van der Waals surface area contributed by atoms with Crippen molar-refractivity contribution in [3.05, 3.63) is 52.4 Å². The minimum Gasteiger partial charge on any atom is -0.497 e. The number of hydrogen-bond acceptors (Lipinski definition) is 5. The van der Waals surface area contributed by atoms with Gasteiger partial charge in [-0.3, -0.25) is 4.79 Å². The Morgan fingerprint density at radius 2 is 2.11 bits per heavy atom. The number of ketones is 1. The van der Waals surface area contributed by atoms with Gasteiger partial charge < -0.3 is 14.8 Å². The molecule has 1 aromatic carbocycles. The lowest BCUT2D eigenvalue weighted by Gasteiger charge is -2.34. The van der Waals surface area contributed by atoms with Gasteiger partial charge in [-0.1, -0.05) is 25.5 Å². The average Bonchev–Trinajstić information content (AvgIpc) is 2.67. The van der Waals surface area contributed by atoms with Crippen LogP contribution in [0.2, 0.25) is 0 Å². The molecule has 5 heteroatoms. The maximum atomic E-state index is 12.9. The molecule has 0 fully saturated rings. The SMILES string of the molecule is CCCCOC(=O)C1=C(C)NC2=C(C(=O)CCC2)[C@@H]1c1cccc(OC)c1. The van der Waals surface area contributed by atoms with Crippen LogP contribution in [0.25, 0.3) is 0 Å². The van der Waals surface area contributed by atoms with Crippen LogP contribution < -0.4 is 10.1 Å². The number of unbranched alkanes of at least 4 members (excludes halogenated alkanes) is 1. The molecule has 1 N–H and O–H groups in total. The van der Waals surface area contributed by atoms with E-state index in [1.54, 1.807) is 7.11 Å². The Bertz CT molecular complexity index is 806. The number of benzene rings is 1. The highest BCUT2D eigenvalue weighted by Crippen LogP contribution is 2.43. The Balaban J connectivity index is 2.06. The average molecular weight is 369 g/mol. The fourth-order valence-corrected chi connectivity index (χ4v) is 3.80. The van der Waals surface area contributed by atoms with Crippen molar-refractivity contribution in [3.8, 4) is 5.75 Å². The van der Waals surface area contributed by atoms with Crippen molar-refractivity contribution >= 4 is 11.8 Å². The van der Waals surface area contributed by atoms with Gasteiger partial charge in [0.05, 0.1) is 19.3 Å². The van der Waals surface area contributed by atoms with E-state index in [0.29, 0.717) is 29.9 Å². The molecule has 0 saturated heterocycles. The third-order valence-corrected chi connectivity index (χ3v) is 5.15. The van der Waals surface area contributed by atoms with Gasteiger partial charge in [-0.15, -0.1) is 0 Å². The highest BCUT2D eigenvalue weighted by molar-refractivity contribution is 6.03. The summed E-state index contributed by atoms with van der Waals surface area (Å²) in [5.41, 5.74) is 3.79. The number of ether oxygens (including phenoxy) is 2. The number of rotatable bonds is 6. The van der Waals surface area contributed by atoms with Gasteiger partial charge in [-0.25, -0.2) is 4.79 Å². The van der Waals surface area contributed by atoms with Crippen molar-refractivity contribution in [2.75, 3.05) is 13.7 Å². The number of allylic oxidation sites excluding steroid dienone is 3. The number of carbonyl (C=O) groups is 2. The first-order valence-corrected chi connectivity index (χ1v) is 9.62. The molecule has 0 saturated carbocycles. The first-order valence-electron chi connectivity index (χ1n) is 9.62. The first-order chi connectivity index (χ1) is 13.1. The first kappa shape index (κ1) is 19.2. The molecule has 144 valence electrons. The summed E-state index contributed by atoms with van der Waals surface area (Å²) >= 11 is 0. The van der Waals surface area contributed by atoms with Gasteiger partial charge >= 0.3 is 5.97 Å². The summed E-state index contributed by atoms with van der Waals surface area (Å²) in [5, 5.41) is 3.30. The van der Waals surface area contributed by atoms with Crippen LogP contribution >= 0.6 is 0 Å². The molecule has 1 atom stereocenters. The van der Waals surface area contributed by atoms with Crippen LogP contribution in [-0.2, 0) is 14.3 Å². The molecular weight excluding hydrogens is 342 g/mol. The van der Waals surface area contributed by atoms with Crippen LogP contribution in [-0.4, -0.2) is 25.5 Å². The summed E-state index contributed by atoms with van der Waals surface area (Å²) in [7, 11) is 1.61. The predicted molar refractivity (Wildman–Crippen MR) is 103 cm³/mol. The van der Waals surface area contributed by atoms with Crippen LogP contribution in [0.5, 0.6) is 5.75 Å². The van der Waals surface area contributed by atoms with Gasteiger partial charge in [0, 0.05) is 29.3 Å². The zero-order valence-electron chi connectivity index (χ0n) is 16.3. The van der Waals surface area contributed by atoms with Crippen molar-refractivity contribution in [2.45, 2.75) is 51.9 Å². The minimum absolute atomic E-state index is 0.0999. The molecule has 5 nitrogen and oxygen atoms in total. The third kappa shape index (κ3) is 3.92. The highest BCUT2D eigenvalue weighted by atomic mass is 16.5. The molecular formula is C22H27NO4. The fraction of sp³-hybridized carbons (Fsp3) is 0.455. The van der Waals surface area contributed by atoms with E-state index in [9.17, 15) is 9.59 Å². The van der Waals surface area contributed by atoms with Gasteiger partial charge in [0.1, 0.15) is 5.75 Å². The lowest BCUT2D eigenvalue weighted by Crippen LogP contribution is -2.34. The smallest absolute Gasteiger partial charge is 0.336 e. The number of hydrogen-bond donors (Lipinski definition) is 1. The Hall–Kier alpha value is -2.56. The topological polar surface area (TPSA) is 64.6 Å². The fourth-order valence-electron chi connectivity index (χ4n) is 3.80. The quantitative estimate of drug-likeness (QED) is 0.606. The molecule has 2 aliphatic rings. The van der Waals surface area contributed by atoms with E-state index in [4.69, 9.17) is 9.47 Å². The van der Waals surface area contributed by atoms with Crippen molar-refractivity contribution in [1.82, 2.24) is 5.32 Å². The number of Topliss-reactive ketones (excluding diaryl/α,β-unsaturated/α-hetero) is 1. The molecule has 1 aromatic rings. The maximum absolute atomic E-state index is 12.9. The second-order valence-corrected chi connectivity index (χ2v) is 7.03. The van der Waals surface area contributed by atoms with Gasteiger partial charge in [0.2, 0.25) is 0 Å². The van der Waals surface area contributed by atoms with Crippen LogP contribution in [0, 0.1) is 0 Å². The summed E-state index contributed by atoms with van der Waals surface area (Å²) < 4.78 is 10.9. The Labute approximate surface area is 160 Å². The normalized spacial score (nSPS) is 19.5. The summed E-state index contributed by atoms with van der Waals surface area (Å²) in [6, 6.07) is 7.59. The van der Waals surface area contributed by atoms with E-state index < -0.39 is 5.92 Å². The second kappa shape index (κ2) is 8.42. The third-order valence-electron chi connectivity index (χ3n) is 5.15. The molecule has 1 aliphatic carbocycles.